The SMILES string of the molecule is NC(=O)C1=C(O)C[C@@H]2CC3Cc4c(F)cc(NC(=O)CN5CCC5)c(O)c4C(=O)C3=C(O)[C@]2(O)C1=O. The molecule has 1 unspecified atom stereocenters. The molecule has 1 heterocycles. The number of nitrogens with one attached hydrogen (secondary N) is 1. The molecule has 0 radical (unpaired) electrons. The molecule has 2 amide bonds. The number of ketones is 2. The molecule has 1 fully saturated rings. The van der Waals surface area contributed by atoms with Crippen LogP contribution < -0.4 is 11.1 Å². The molecule has 5 rings (SSSR count). The number of nitrogens with zero attached hydrogens (tertiary/aromatic N) is 1. The molecular weight excluding hydrogens is 477 g/mol. The molecule has 1 saturated heterocycles. The van der Waals surface area contributed by atoms with Crippen molar-refractivity contribution in [1.82, 2.24) is 4.90 Å². The molecule has 3 atom stereocenters. The smallest absolute Gasteiger partial charge is 0.255 e. The van der Waals surface area contributed by atoms with Crippen molar-refractivity contribution in [2.75, 3.05) is 25.0 Å². The summed E-state index contributed by atoms with van der Waals surface area (Å²) in [4.78, 5) is 52.3. The van der Waals surface area contributed by atoms with Crippen molar-refractivity contribution in [2.45, 2.75) is 31.3 Å². The van der Waals surface area contributed by atoms with Crippen molar-refractivity contribution in [1.29, 1.82) is 0 Å². The molecular formula is C24H24FN3O8. The van der Waals surface area contributed by atoms with Crippen LogP contribution in [0.1, 0.15) is 35.2 Å². The number of Topliss-reactive ketones (excluding diaryl/α,β-unsaturated/α-hetero) is 2. The number of anilines is 1. The van der Waals surface area contributed by atoms with Crippen LogP contribution in [0, 0.1) is 17.7 Å². The minimum Gasteiger partial charge on any atom is -0.511 e. The monoisotopic (exact) mass is 501 g/mol. The van der Waals surface area contributed by atoms with E-state index in [0.717, 1.165) is 25.6 Å². The number of phenols is 1. The Labute approximate surface area is 203 Å². The highest BCUT2D eigenvalue weighted by Gasteiger charge is 2.59. The maximum Gasteiger partial charge on any atom is 0.255 e. The normalized spacial score (nSPS) is 27.7. The first-order valence-electron chi connectivity index (χ1n) is 11.5. The second-order valence-corrected chi connectivity index (χ2v) is 9.70. The predicted molar refractivity (Wildman–Crippen MR) is 120 cm³/mol. The van der Waals surface area contributed by atoms with E-state index in [9.17, 15) is 39.6 Å². The van der Waals surface area contributed by atoms with Crippen LogP contribution in [0.2, 0.25) is 0 Å². The maximum atomic E-state index is 15.1. The van der Waals surface area contributed by atoms with Crippen molar-refractivity contribution in [2.24, 2.45) is 17.6 Å². The molecule has 1 aromatic carbocycles. The first-order valence-corrected chi connectivity index (χ1v) is 11.5. The Morgan fingerprint density at radius 1 is 1.19 bits per heavy atom. The summed E-state index contributed by atoms with van der Waals surface area (Å²) in [5.41, 5.74) is 0.235. The molecule has 0 bridgehead atoms. The van der Waals surface area contributed by atoms with Gasteiger partial charge < -0.3 is 31.5 Å². The number of aromatic hydroxyl groups is 1. The summed E-state index contributed by atoms with van der Waals surface area (Å²) in [6.07, 6.45) is 0.324. The van der Waals surface area contributed by atoms with Gasteiger partial charge in [0.05, 0.1) is 17.8 Å². The number of aliphatic hydroxyl groups is 3. The molecule has 4 aliphatic rings. The summed E-state index contributed by atoms with van der Waals surface area (Å²) in [5, 5.41) is 45.6. The molecule has 11 nitrogen and oxygen atoms in total. The molecule has 36 heavy (non-hydrogen) atoms. The van der Waals surface area contributed by atoms with Crippen molar-refractivity contribution in [3.05, 3.63) is 45.7 Å². The summed E-state index contributed by atoms with van der Waals surface area (Å²) in [6, 6.07) is 0.918. The third kappa shape index (κ3) is 3.32. The highest BCUT2D eigenvalue weighted by atomic mass is 19.1. The Bertz CT molecular complexity index is 1310. The van der Waals surface area contributed by atoms with Crippen LogP contribution in [-0.2, 0) is 20.8 Å². The Kier molecular flexibility index (Phi) is 5.41. The van der Waals surface area contributed by atoms with Crippen LogP contribution in [0.4, 0.5) is 10.1 Å². The van der Waals surface area contributed by atoms with Crippen molar-refractivity contribution in [3.8, 4) is 5.75 Å². The average Bonchev–Trinajstić information content (AvgIpc) is 2.76. The van der Waals surface area contributed by atoms with E-state index < -0.39 is 80.6 Å². The van der Waals surface area contributed by atoms with E-state index in [-0.39, 0.29) is 37.1 Å². The number of nitrogens with two attached hydrogens (primary N) is 1. The molecule has 0 spiro atoms. The number of carbonyl (C=O) groups excluding carboxylic acids is 4. The Balaban J connectivity index is 1.56. The number of benzene rings is 1. The van der Waals surface area contributed by atoms with Crippen LogP contribution in [0.5, 0.6) is 5.75 Å². The standard InChI is InChI=1S/C24H24FN3O8/c25-12-7-13(27-15(30)8-28-2-1-3-28)19(31)17-11(12)5-9-4-10-6-14(29)18(23(26)35)22(34)24(10,36)21(33)16(9)20(17)32/h7,9-10,29,31,33,36H,1-6,8H2,(H2,26,35)(H,27,30)/t9?,10-,24-/m0/s1. The molecule has 12 heteroatoms. The van der Waals surface area contributed by atoms with Gasteiger partial charge in [0.15, 0.2) is 17.1 Å². The van der Waals surface area contributed by atoms with Gasteiger partial charge in [-0.1, -0.05) is 0 Å². The van der Waals surface area contributed by atoms with Gasteiger partial charge in [0.25, 0.3) is 5.91 Å². The average molecular weight is 501 g/mol. The van der Waals surface area contributed by atoms with E-state index in [1.165, 1.54) is 0 Å². The number of phenolic OH excluding ortho intramolecular Hbond substituents is 1. The molecule has 0 saturated carbocycles. The van der Waals surface area contributed by atoms with Gasteiger partial charge in [0, 0.05) is 29.5 Å². The molecule has 0 aromatic heterocycles. The van der Waals surface area contributed by atoms with Gasteiger partial charge in [-0.2, -0.15) is 0 Å². The number of hydrogen-bond donors (Lipinski definition) is 6. The third-order valence-electron chi connectivity index (χ3n) is 7.60. The summed E-state index contributed by atoms with van der Waals surface area (Å²) < 4.78 is 15.1. The number of halogens is 1. The summed E-state index contributed by atoms with van der Waals surface area (Å²) in [6.45, 7) is 1.50. The number of likely N-dealkylation sites (tertiary alicyclic amines) is 1. The quantitative estimate of drug-likeness (QED) is 0.250. The number of primary amides is 1. The Hall–Kier alpha value is -3.77. The van der Waals surface area contributed by atoms with E-state index in [1.54, 1.807) is 0 Å². The fraction of sp³-hybridized carbons (Fsp3) is 0.417. The van der Waals surface area contributed by atoms with E-state index in [0.29, 0.717) is 0 Å². The number of amides is 2. The lowest BCUT2D eigenvalue weighted by Crippen LogP contribution is -2.57. The summed E-state index contributed by atoms with van der Waals surface area (Å²) in [5.74, 6) is -9.34. The van der Waals surface area contributed by atoms with Gasteiger partial charge in [0.2, 0.25) is 11.7 Å². The van der Waals surface area contributed by atoms with Gasteiger partial charge >= 0.3 is 0 Å². The van der Waals surface area contributed by atoms with Gasteiger partial charge in [-0.15, -0.1) is 0 Å². The topological polar surface area (TPSA) is 190 Å². The first kappa shape index (κ1) is 23.9. The van der Waals surface area contributed by atoms with Gasteiger partial charge in [-0.25, -0.2) is 4.39 Å². The van der Waals surface area contributed by atoms with Crippen molar-refractivity contribution in [3.63, 3.8) is 0 Å². The van der Waals surface area contributed by atoms with Gasteiger partial charge in [-0.05, 0) is 38.3 Å². The number of fused-ring (bicyclic) bond motifs is 3. The third-order valence-corrected chi connectivity index (χ3v) is 7.60. The second-order valence-electron chi connectivity index (χ2n) is 9.70. The second kappa shape index (κ2) is 8.14. The zero-order valence-electron chi connectivity index (χ0n) is 19.0. The summed E-state index contributed by atoms with van der Waals surface area (Å²) >= 11 is 0. The minimum absolute atomic E-state index is 0.0270. The fourth-order valence-electron chi connectivity index (χ4n) is 5.67. The molecule has 3 aliphatic carbocycles. The Morgan fingerprint density at radius 2 is 1.89 bits per heavy atom. The first-order chi connectivity index (χ1) is 16.9. The van der Waals surface area contributed by atoms with Gasteiger partial charge in [0.1, 0.15) is 22.9 Å². The largest absolute Gasteiger partial charge is 0.511 e. The van der Waals surface area contributed by atoms with Crippen molar-refractivity contribution < 1.29 is 44.0 Å². The molecule has 7 N–H and O–H groups in total. The van der Waals surface area contributed by atoms with Crippen LogP contribution in [0.15, 0.2) is 28.7 Å². The van der Waals surface area contributed by atoms with Crippen LogP contribution in [-0.4, -0.2) is 73.9 Å². The molecule has 1 aliphatic heterocycles. The zero-order valence-corrected chi connectivity index (χ0v) is 19.0. The van der Waals surface area contributed by atoms with E-state index >= 15 is 4.39 Å². The van der Waals surface area contributed by atoms with Crippen LogP contribution >= 0.6 is 0 Å². The van der Waals surface area contributed by atoms with E-state index in [2.05, 4.69) is 5.32 Å². The number of aliphatic hydroxyl groups excluding tert-OH is 2. The number of rotatable bonds is 4. The van der Waals surface area contributed by atoms with Gasteiger partial charge in [-0.3, -0.25) is 24.1 Å². The zero-order chi connectivity index (χ0) is 26.1. The predicted octanol–water partition coefficient (Wildman–Crippen LogP) is 0.364. The summed E-state index contributed by atoms with van der Waals surface area (Å²) in [7, 11) is 0. The number of carbonyl (C=O) groups is 4. The van der Waals surface area contributed by atoms with Crippen molar-refractivity contribution >= 4 is 29.1 Å². The fourth-order valence-corrected chi connectivity index (χ4v) is 5.67. The highest BCUT2D eigenvalue weighted by molar-refractivity contribution is 6.24. The van der Waals surface area contributed by atoms with Crippen LogP contribution in [0.25, 0.3) is 0 Å². The maximum absolute atomic E-state index is 15.1. The van der Waals surface area contributed by atoms with E-state index in [1.807, 2.05) is 4.90 Å². The number of hydrogen-bond acceptors (Lipinski definition) is 9. The lowest BCUT2D eigenvalue weighted by molar-refractivity contribution is -0.144. The van der Waals surface area contributed by atoms with Crippen LogP contribution in [0.3, 0.4) is 0 Å². The Morgan fingerprint density at radius 3 is 2.50 bits per heavy atom. The lowest BCUT2D eigenvalue weighted by Gasteiger charge is -2.45. The van der Waals surface area contributed by atoms with E-state index in [4.69, 9.17) is 5.73 Å². The minimum atomic E-state index is -2.70. The highest BCUT2D eigenvalue weighted by Crippen LogP contribution is 2.52. The molecule has 190 valence electrons. The molecule has 1 aromatic rings. The lowest BCUT2D eigenvalue weighted by atomic mass is 9.60. The number of allylic oxidation sites excluding steroid dienone is 2.